The van der Waals surface area contributed by atoms with Crippen LogP contribution in [-0.2, 0) is 0 Å². The number of carbonyl (C=O) groups is 1. The van der Waals surface area contributed by atoms with Crippen LogP contribution in [0.15, 0.2) is 34.9 Å². The fraction of sp³-hybridized carbons (Fsp3) is 0.0909. The monoisotopic (exact) mass is 281 g/mol. The number of alkyl halides is 3. The first-order valence-corrected chi connectivity index (χ1v) is 4.91. The summed E-state index contributed by atoms with van der Waals surface area (Å²) in [5.74, 6) is -2.65. The largest absolute Gasteiger partial charge is 1.00 e. The molecule has 0 aliphatic carbocycles. The summed E-state index contributed by atoms with van der Waals surface area (Å²) in [5, 5.41) is 8.63. The van der Waals surface area contributed by atoms with Gasteiger partial charge < -0.3 is 15.7 Å². The first-order chi connectivity index (χ1) is 8.87. The van der Waals surface area contributed by atoms with Crippen molar-refractivity contribution in [2.75, 3.05) is 0 Å². The second kappa shape index (κ2) is 6.03. The molecule has 0 aliphatic heterocycles. The van der Waals surface area contributed by atoms with Crippen molar-refractivity contribution in [2.24, 2.45) is 0 Å². The van der Waals surface area contributed by atoms with E-state index in [1.807, 2.05) is 0 Å². The standard InChI is InChI=1S/C11H6F3NO4.Li.H/c12-11(13,14)19-7-4-2-1-3-6(7)8-5-15-9(18-8)10(16)17;;/h1-5H,(H,16,17);;/q;+1;-1. The Kier molecular flexibility index (Phi) is 4.86. The molecule has 0 bridgehead atoms. The number of hydrogen-bond acceptors (Lipinski definition) is 4. The van der Waals surface area contributed by atoms with E-state index in [2.05, 4.69) is 9.72 Å². The fourth-order valence-corrected chi connectivity index (χ4v) is 1.38. The van der Waals surface area contributed by atoms with Crippen molar-refractivity contribution in [2.45, 2.75) is 6.36 Å². The van der Waals surface area contributed by atoms with E-state index in [0.29, 0.717) is 0 Å². The number of para-hydroxylation sites is 1. The van der Waals surface area contributed by atoms with E-state index in [9.17, 15) is 18.0 Å². The number of oxazole rings is 1. The Hall–Kier alpha value is -1.91. The summed E-state index contributed by atoms with van der Waals surface area (Å²) < 4.78 is 45.3. The number of hydrogen-bond donors (Lipinski definition) is 1. The number of nitrogens with zero attached hydrogens (tertiary/aromatic N) is 1. The van der Waals surface area contributed by atoms with E-state index >= 15 is 0 Å². The van der Waals surface area contributed by atoms with Crippen molar-refractivity contribution in [1.82, 2.24) is 4.98 Å². The molecule has 1 aromatic heterocycles. The quantitative estimate of drug-likeness (QED) is 0.805. The first-order valence-electron chi connectivity index (χ1n) is 4.91. The van der Waals surface area contributed by atoms with Crippen LogP contribution in [0.3, 0.4) is 0 Å². The smallest absolute Gasteiger partial charge is 1.00 e. The molecule has 20 heavy (non-hydrogen) atoms. The Morgan fingerprint density at radius 3 is 2.55 bits per heavy atom. The van der Waals surface area contributed by atoms with Crippen LogP contribution in [0.25, 0.3) is 11.3 Å². The third-order valence-corrected chi connectivity index (χ3v) is 2.07. The summed E-state index contributed by atoms with van der Waals surface area (Å²) in [6, 6.07) is 5.19. The summed E-state index contributed by atoms with van der Waals surface area (Å²) in [6.45, 7) is 0. The molecule has 1 N–H and O–H groups in total. The van der Waals surface area contributed by atoms with E-state index in [-0.39, 0.29) is 31.6 Å². The minimum Gasteiger partial charge on any atom is -1.00 e. The fourth-order valence-electron chi connectivity index (χ4n) is 1.38. The maximum Gasteiger partial charge on any atom is 1.00 e. The molecule has 0 unspecified atom stereocenters. The van der Waals surface area contributed by atoms with Gasteiger partial charge in [-0.25, -0.2) is 9.78 Å². The number of halogens is 3. The molecule has 0 amide bonds. The summed E-state index contributed by atoms with van der Waals surface area (Å²) in [6.07, 6.45) is -3.84. The summed E-state index contributed by atoms with van der Waals surface area (Å²) in [4.78, 5) is 14.0. The second-order valence-corrected chi connectivity index (χ2v) is 3.38. The molecule has 2 aromatic rings. The van der Waals surface area contributed by atoms with E-state index in [1.54, 1.807) is 0 Å². The molecule has 1 heterocycles. The molecule has 0 aliphatic rings. The van der Waals surface area contributed by atoms with Crippen LogP contribution in [0.5, 0.6) is 5.75 Å². The number of carboxylic acids is 1. The van der Waals surface area contributed by atoms with Gasteiger partial charge in [-0.1, -0.05) is 12.1 Å². The van der Waals surface area contributed by atoms with Gasteiger partial charge in [0.15, 0.2) is 5.76 Å². The molecular weight excluding hydrogens is 274 g/mol. The van der Waals surface area contributed by atoms with Gasteiger partial charge in [0.2, 0.25) is 0 Å². The van der Waals surface area contributed by atoms with Gasteiger partial charge in [-0.3, -0.25) is 0 Å². The molecule has 0 saturated carbocycles. The van der Waals surface area contributed by atoms with Crippen molar-refractivity contribution in [3.8, 4) is 17.1 Å². The summed E-state index contributed by atoms with van der Waals surface area (Å²) in [5.41, 5.74) is -0.0418. The van der Waals surface area contributed by atoms with Crippen LogP contribution in [0, 0.1) is 0 Å². The second-order valence-electron chi connectivity index (χ2n) is 3.38. The van der Waals surface area contributed by atoms with Crippen molar-refractivity contribution < 1.29 is 52.5 Å². The van der Waals surface area contributed by atoms with Crippen molar-refractivity contribution in [3.05, 3.63) is 36.4 Å². The molecule has 5 nitrogen and oxygen atoms in total. The Morgan fingerprint density at radius 1 is 1.35 bits per heavy atom. The number of benzene rings is 1. The average molecular weight is 281 g/mol. The van der Waals surface area contributed by atoms with Gasteiger partial charge in [0, 0.05) is 0 Å². The predicted molar refractivity (Wildman–Crippen MR) is 56.7 cm³/mol. The van der Waals surface area contributed by atoms with E-state index in [4.69, 9.17) is 9.52 Å². The topological polar surface area (TPSA) is 72.6 Å². The molecule has 0 atom stereocenters. The summed E-state index contributed by atoms with van der Waals surface area (Å²) >= 11 is 0. The van der Waals surface area contributed by atoms with Crippen molar-refractivity contribution in [1.29, 1.82) is 0 Å². The minimum absolute atomic E-state index is 0. The molecule has 0 fully saturated rings. The molecule has 0 spiro atoms. The third-order valence-electron chi connectivity index (χ3n) is 2.07. The van der Waals surface area contributed by atoms with E-state index in [0.717, 1.165) is 12.3 Å². The Balaban J connectivity index is 0.00000200. The van der Waals surface area contributed by atoms with Gasteiger partial charge in [0.25, 0.3) is 0 Å². The van der Waals surface area contributed by atoms with Crippen LogP contribution in [0.1, 0.15) is 12.1 Å². The van der Waals surface area contributed by atoms with Crippen LogP contribution < -0.4 is 23.6 Å². The molecule has 0 radical (unpaired) electrons. The Morgan fingerprint density at radius 2 is 2.00 bits per heavy atom. The van der Waals surface area contributed by atoms with Crippen LogP contribution in [0.4, 0.5) is 13.2 Å². The molecule has 2 rings (SSSR count). The van der Waals surface area contributed by atoms with Gasteiger partial charge >= 0.3 is 37.1 Å². The van der Waals surface area contributed by atoms with Gasteiger partial charge in [0.1, 0.15) is 5.75 Å². The van der Waals surface area contributed by atoms with Gasteiger partial charge in [-0.15, -0.1) is 13.2 Å². The SMILES string of the molecule is O=C(O)c1ncc(-c2ccccc2OC(F)(F)F)o1.[H-].[Li+]. The Labute approximate surface area is 124 Å². The molecule has 1 aromatic carbocycles. The number of ether oxygens (including phenoxy) is 1. The van der Waals surface area contributed by atoms with Gasteiger partial charge in [-0.2, -0.15) is 0 Å². The predicted octanol–water partition coefficient (Wildman–Crippen LogP) is 0.0549. The van der Waals surface area contributed by atoms with Crippen LogP contribution in [0.2, 0.25) is 0 Å². The number of carboxylic acid groups (broad SMARTS) is 1. The summed E-state index contributed by atoms with van der Waals surface area (Å²) in [7, 11) is 0. The molecular formula is C11H7F3LiNO4. The average Bonchev–Trinajstić information content (AvgIpc) is 2.76. The minimum atomic E-state index is -4.86. The Bertz CT molecular complexity index is 618. The number of aromatic carboxylic acids is 1. The zero-order chi connectivity index (χ0) is 14.0. The number of rotatable bonds is 3. The zero-order valence-electron chi connectivity index (χ0n) is 11.1. The van der Waals surface area contributed by atoms with Crippen molar-refractivity contribution in [3.63, 3.8) is 0 Å². The van der Waals surface area contributed by atoms with E-state index < -0.39 is 24.0 Å². The maximum absolute atomic E-state index is 12.2. The zero-order valence-corrected chi connectivity index (χ0v) is 10.1. The van der Waals surface area contributed by atoms with Crippen molar-refractivity contribution >= 4 is 5.97 Å². The molecule has 102 valence electrons. The molecule has 0 saturated heterocycles. The third kappa shape index (κ3) is 3.79. The first kappa shape index (κ1) is 16.1. The molecule has 9 heteroatoms. The number of aromatic nitrogens is 1. The normalized spacial score (nSPS) is 10.8. The van der Waals surface area contributed by atoms with Crippen LogP contribution >= 0.6 is 0 Å². The maximum atomic E-state index is 12.2. The van der Waals surface area contributed by atoms with E-state index in [1.165, 1.54) is 18.2 Å². The van der Waals surface area contributed by atoms with Crippen LogP contribution in [-0.4, -0.2) is 22.4 Å². The van der Waals surface area contributed by atoms with Gasteiger partial charge in [0.05, 0.1) is 11.8 Å². The van der Waals surface area contributed by atoms with Gasteiger partial charge in [-0.05, 0) is 12.1 Å².